The van der Waals surface area contributed by atoms with Crippen molar-refractivity contribution in [3.8, 4) is 0 Å². The number of hydrogen-bond acceptors (Lipinski definition) is 1. The molecule has 0 saturated heterocycles. The molecular formula is C6H15OP. The number of ketones is 1. The predicted molar refractivity (Wildman–Crippen MR) is 41.2 cm³/mol. The van der Waals surface area contributed by atoms with Crippen molar-refractivity contribution in [2.24, 2.45) is 5.92 Å². The summed E-state index contributed by atoms with van der Waals surface area (Å²) in [6.07, 6.45) is 0.884. The highest BCUT2D eigenvalue weighted by Gasteiger charge is 2.01. The number of carbonyl (C=O) groups excluding carboxylic acids is 1. The van der Waals surface area contributed by atoms with Crippen LogP contribution in [0.15, 0.2) is 0 Å². The summed E-state index contributed by atoms with van der Waals surface area (Å²) < 4.78 is 0. The third-order valence-corrected chi connectivity index (χ3v) is 1.75. The molecule has 0 radical (unpaired) electrons. The Bertz CT molecular complexity index is 70.9. The van der Waals surface area contributed by atoms with Gasteiger partial charge in [-0.2, -0.15) is 0 Å². The molecule has 8 heavy (non-hydrogen) atoms. The molecule has 0 N–H and O–H groups in total. The summed E-state index contributed by atoms with van der Waals surface area (Å²) in [6, 6.07) is 0. The molecule has 2 unspecified atom stereocenters. The second kappa shape index (κ2) is 5.24. The van der Waals surface area contributed by atoms with E-state index < -0.39 is 0 Å². The Hall–Kier alpha value is 0.100. The molecule has 0 aliphatic carbocycles. The largest absolute Gasteiger partial charge is 0.300 e. The predicted octanol–water partition coefficient (Wildman–Crippen LogP) is 1.72. The Labute approximate surface area is 54.1 Å². The molecule has 2 atom stereocenters. The second-order valence-corrected chi connectivity index (χ2v) is 2.22. The summed E-state index contributed by atoms with van der Waals surface area (Å²) in [4.78, 5) is 10.4. The quantitative estimate of drug-likeness (QED) is 0.525. The molecule has 0 aromatic carbocycles. The van der Waals surface area contributed by atoms with Crippen LogP contribution < -0.4 is 0 Å². The minimum atomic E-state index is 0. The van der Waals surface area contributed by atoms with Crippen LogP contribution in [0.25, 0.3) is 0 Å². The van der Waals surface area contributed by atoms with Crippen molar-refractivity contribution in [2.45, 2.75) is 21.3 Å². The molecule has 0 aliphatic heterocycles. The Morgan fingerprint density at radius 1 is 1.75 bits per heavy atom. The highest BCUT2D eigenvalue weighted by molar-refractivity contribution is 7.16. The zero-order valence-electron chi connectivity index (χ0n) is 4.77. The van der Waals surface area contributed by atoms with E-state index in [9.17, 15) is 4.79 Å². The van der Waals surface area contributed by atoms with Gasteiger partial charge in [0.2, 0.25) is 0 Å². The molecule has 0 aliphatic rings. The first-order valence-corrected chi connectivity index (χ1v) is 3.20. The van der Waals surface area contributed by atoms with Crippen LogP contribution in [-0.4, -0.2) is 11.9 Å². The number of carbonyl (C=O) groups is 1. The molecule has 2 heteroatoms. The van der Waals surface area contributed by atoms with Crippen LogP contribution in [0.4, 0.5) is 0 Å². The molecular weight excluding hydrogens is 119 g/mol. The van der Waals surface area contributed by atoms with Crippen LogP contribution in [-0.2, 0) is 4.79 Å². The van der Waals surface area contributed by atoms with Gasteiger partial charge in [-0.3, -0.25) is 4.79 Å². The lowest BCUT2D eigenvalue weighted by Gasteiger charge is -1.98. The third-order valence-electron chi connectivity index (χ3n) is 1.05. The van der Waals surface area contributed by atoms with Crippen molar-refractivity contribution in [3.63, 3.8) is 0 Å². The highest BCUT2D eigenvalue weighted by Crippen LogP contribution is 1.99. The molecule has 0 heterocycles. The van der Waals surface area contributed by atoms with Crippen LogP contribution >= 0.6 is 9.24 Å². The molecule has 0 amide bonds. The van der Waals surface area contributed by atoms with E-state index in [4.69, 9.17) is 0 Å². The van der Waals surface area contributed by atoms with Gasteiger partial charge in [0.05, 0.1) is 0 Å². The van der Waals surface area contributed by atoms with Gasteiger partial charge in [0.1, 0.15) is 5.78 Å². The molecule has 1 nitrogen and oxygen atoms in total. The number of Topliss-reactive ketones (excluding diaryl/α,β-unsaturated/α-hetero) is 1. The average molecular weight is 134 g/mol. The SMILES string of the molecule is C.CC(=O)C(C)CP. The van der Waals surface area contributed by atoms with Gasteiger partial charge in [-0.15, -0.1) is 9.24 Å². The molecule has 0 bridgehead atoms. The maximum absolute atomic E-state index is 10.4. The summed E-state index contributed by atoms with van der Waals surface area (Å²) in [7, 11) is 2.54. The van der Waals surface area contributed by atoms with E-state index in [1.54, 1.807) is 6.92 Å². The van der Waals surface area contributed by atoms with Crippen LogP contribution in [0.1, 0.15) is 21.3 Å². The fourth-order valence-corrected chi connectivity index (χ4v) is 0.498. The van der Waals surface area contributed by atoms with Gasteiger partial charge >= 0.3 is 0 Å². The topological polar surface area (TPSA) is 17.1 Å². The molecule has 0 aromatic rings. The minimum absolute atomic E-state index is 0. The first kappa shape index (κ1) is 11.0. The van der Waals surface area contributed by atoms with Crippen molar-refractivity contribution in [2.75, 3.05) is 6.16 Å². The second-order valence-electron chi connectivity index (χ2n) is 1.75. The van der Waals surface area contributed by atoms with E-state index in [2.05, 4.69) is 9.24 Å². The maximum Gasteiger partial charge on any atom is 0.132 e. The standard InChI is InChI=1S/C5H11OP.CH4/c1-4(3-7)5(2)6;/h4H,3,7H2,1-2H3;1H4. The fraction of sp³-hybridized carbons (Fsp3) is 0.833. The minimum Gasteiger partial charge on any atom is -0.300 e. The van der Waals surface area contributed by atoms with E-state index in [1.165, 1.54) is 0 Å². The highest BCUT2D eigenvalue weighted by atomic mass is 31.0. The summed E-state index contributed by atoms with van der Waals surface area (Å²) >= 11 is 0. The number of hydrogen-bond donors (Lipinski definition) is 0. The molecule has 0 saturated carbocycles. The van der Waals surface area contributed by atoms with Gasteiger partial charge < -0.3 is 0 Å². The van der Waals surface area contributed by atoms with Crippen LogP contribution in [0, 0.1) is 5.92 Å². The average Bonchev–Trinajstić information content (AvgIpc) is 1.65. The van der Waals surface area contributed by atoms with E-state index in [0.717, 1.165) is 6.16 Å². The van der Waals surface area contributed by atoms with Crippen molar-refractivity contribution >= 4 is 15.0 Å². The Morgan fingerprint density at radius 2 is 2.12 bits per heavy atom. The zero-order valence-corrected chi connectivity index (χ0v) is 5.92. The molecule has 0 spiro atoms. The Morgan fingerprint density at radius 3 is 2.12 bits per heavy atom. The van der Waals surface area contributed by atoms with Crippen molar-refractivity contribution in [1.29, 1.82) is 0 Å². The third kappa shape index (κ3) is 4.26. The van der Waals surface area contributed by atoms with Gasteiger partial charge in [0, 0.05) is 5.92 Å². The Balaban J connectivity index is 0. The smallest absolute Gasteiger partial charge is 0.132 e. The first-order valence-electron chi connectivity index (χ1n) is 2.39. The van der Waals surface area contributed by atoms with Crippen molar-refractivity contribution < 1.29 is 4.79 Å². The molecule has 50 valence electrons. The lowest BCUT2D eigenvalue weighted by Crippen LogP contribution is -2.06. The van der Waals surface area contributed by atoms with Crippen LogP contribution in [0.5, 0.6) is 0 Å². The summed E-state index contributed by atoms with van der Waals surface area (Å²) in [5.74, 6) is 0.500. The molecule has 0 fully saturated rings. The van der Waals surface area contributed by atoms with Crippen LogP contribution in [0.3, 0.4) is 0 Å². The van der Waals surface area contributed by atoms with Crippen molar-refractivity contribution in [1.82, 2.24) is 0 Å². The van der Waals surface area contributed by atoms with Gasteiger partial charge in [0.25, 0.3) is 0 Å². The van der Waals surface area contributed by atoms with E-state index in [-0.39, 0.29) is 19.1 Å². The van der Waals surface area contributed by atoms with E-state index in [1.807, 2.05) is 6.92 Å². The van der Waals surface area contributed by atoms with Gasteiger partial charge in [-0.05, 0) is 13.1 Å². The normalized spacial score (nSPS) is 11.9. The maximum atomic E-state index is 10.4. The lowest BCUT2D eigenvalue weighted by atomic mass is 10.1. The van der Waals surface area contributed by atoms with Gasteiger partial charge in [0.15, 0.2) is 0 Å². The monoisotopic (exact) mass is 134 g/mol. The van der Waals surface area contributed by atoms with Crippen LogP contribution in [0.2, 0.25) is 0 Å². The molecule has 0 rings (SSSR count). The van der Waals surface area contributed by atoms with Crippen molar-refractivity contribution in [3.05, 3.63) is 0 Å². The molecule has 0 aromatic heterocycles. The summed E-state index contributed by atoms with van der Waals surface area (Å²) in [5.41, 5.74) is 0. The van der Waals surface area contributed by atoms with Gasteiger partial charge in [-0.25, -0.2) is 0 Å². The van der Waals surface area contributed by atoms with E-state index >= 15 is 0 Å². The summed E-state index contributed by atoms with van der Waals surface area (Å²) in [6.45, 7) is 3.55. The van der Waals surface area contributed by atoms with E-state index in [0.29, 0.717) is 0 Å². The Kier molecular flexibility index (Phi) is 7.19. The zero-order chi connectivity index (χ0) is 5.86. The number of rotatable bonds is 2. The fourth-order valence-electron chi connectivity index (χ4n) is 0.166. The first-order chi connectivity index (χ1) is 3.18. The summed E-state index contributed by atoms with van der Waals surface area (Å²) in [5, 5.41) is 0. The van der Waals surface area contributed by atoms with Gasteiger partial charge in [-0.1, -0.05) is 14.4 Å². The lowest BCUT2D eigenvalue weighted by molar-refractivity contribution is -0.119.